The van der Waals surface area contributed by atoms with Gasteiger partial charge in [0.2, 0.25) is 5.82 Å². The minimum Gasteiger partial charge on any atom is -0.461 e. The molecule has 7 nitrogen and oxygen atoms in total. The average Bonchev–Trinajstić information content (AvgIpc) is 3.42. The normalized spacial score (nSPS) is 25.4. The molecule has 1 saturated heterocycles. The Balaban J connectivity index is 1.48. The van der Waals surface area contributed by atoms with Gasteiger partial charge in [-0.1, -0.05) is 35.5 Å². The van der Waals surface area contributed by atoms with Gasteiger partial charge in [0, 0.05) is 18.1 Å². The van der Waals surface area contributed by atoms with Crippen molar-refractivity contribution < 1.29 is 13.9 Å². The lowest BCUT2D eigenvalue weighted by Gasteiger charge is -2.41. The number of benzene rings is 1. The van der Waals surface area contributed by atoms with Crippen LogP contribution in [0.1, 0.15) is 30.2 Å². The molecule has 4 heterocycles. The van der Waals surface area contributed by atoms with E-state index >= 15 is 0 Å². The third kappa shape index (κ3) is 3.58. The van der Waals surface area contributed by atoms with Crippen molar-refractivity contribution in [2.45, 2.75) is 42.5 Å². The minimum absolute atomic E-state index is 0.0768. The van der Waals surface area contributed by atoms with E-state index in [-0.39, 0.29) is 29.4 Å². The standard InChI is InChI=1S/C21H21ClN4O3S/c1-12-10-25(11-13(2)29-12)17(14-5-7-15(22)8-6-14)18-20(27)26-21(30-18)23-19(24-26)16-4-3-9-28-16/h3-9,12-13,17-18H,10-11H2,1-2H3. The van der Waals surface area contributed by atoms with Crippen molar-refractivity contribution in [1.82, 2.24) is 19.7 Å². The number of morpholine rings is 1. The van der Waals surface area contributed by atoms with Crippen molar-refractivity contribution in [3.8, 4) is 11.6 Å². The summed E-state index contributed by atoms with van der Waals surface area (Å²) in [5, 5.41) is 5.31. The van der Waals surface area contributed by atoms with Crippen molar-refractivity contribution >= 4 is 29.3 Å². The summed E-state index contributed by atoms with van der Waals surface area (Å²) < 4.78 is 12.7. The monoisotopic (exact) mass is 444 g/mol. The summed E-state index contributed by atoms with van der Waals surface area (Å²) in [6.45, 7) is 5.62. The first-order chi connectivity index (χ1) is 14.5. The number of nitrogens with zero attached hydrogens (tertiary/aromatic N) is 4. The second kappa shape index (κ2) is 7.85. The van der Waals surface area contributed by atoms with E-state index in [1.54, 1.807) is 18.4 Å². The van der Waals surface area contributed by atoms with Crippen LogP contribution in [0.25, 0.3) is 11.6 Å². The maximum atomic E-state index is 13.4. The summed E-state index contributed by atoms with van der Waals surface area (Å²) in [7, 11) is 0. The van der Waals surface area contributed by atoms with Crippen LogP contribution >= 0.6 is 23.4 Å². The van der Waals surface area contributed by atoms with E-state index in [9.17, 15) is 4.79 Å². The van der Waals surface area contributed by atoms with Crippen LogP contribution in [0.3, 0.4) is 0 Å². The molecule has 4 unspecified atom stereocenters. The number of carbonyl (C=O) groups is 1. The lowest BCUT2D eigenvalue weighted by molar-refractivity contribution is -0.0804. The third-order valence-electron chi connectivity index (χ3n) is 5.34. The maximum Gasteiger partial charge on any atom is 0.264 e. The Morgan fingerprint density at radius 1 is 1.17 bits per heavy atom. The maximum absolute atomic E-state index is 13.4. The molecular weight excluding hydrogens is 424 g/mol. The molecule has 0 saturated carbocycles. The highest BCUT2D eigenvalue weighted by Crippen LogP contribution is 2.42. The summed E-state index contributed by atoms with van der Waals surface area (Å²) >= 11 is 7.57. The van der Waals surface area contributed by atoms with Gasteiger partial charge in [0.05, 0.1) is 24.5 Å². The number of fused-ring (bicyclic) bond motifs is 1. The molecule has 1 fully saturated rings. The molecule has 2 aromatic heterocycles. The van der Waals surface area contributed by atoms with E-state index in [1.165, 1.54) is 16.4 Å². The first kappa shape index (κ1) is 19.8. The Bertz CT molecular complexity index is 1040. The van der Waals surface area contributed by atoms with Crippen LogP contribution in [0.4, 0.5) is 0 Å². The highest BCUT2D eigenvalue weighted by Gasteiger charge is 2.44. The van der Waals surface area contributed by atoms with Crippen LogP contribution in [0.2, 0.25) is 5.02 Å². The molecule has 4 atom stereocenters. The average molecular weight is 445 g/mol. The van der Waals surface area contributed by atoms with Gasteiger partial charge in [-0.2, -0.15) is 9.67 Å². The molecule has 3 aromatic rings. The zero-order valence-corrected chi connectivity index (χ0v) is 18.1. The largest absolute Gasteiger partial charge is 0.461 e. The number of thioether (sulfide) groups is 1. The third-order valence-corrected chi connectivity index (χ3v) is 6.78. The first-order valence-electron chi connectivity index (χ1n) is 9.86. The number of furan rings is 1. The van der Waals surface area contributed by atoms with Crippen LogP contribution in [0.15, 0.2) is 52.2 Å². The van der Waals surface area contributed by atoms with Gasteiger partial charge in [-0.25, -0.2) is 0 Å². The molecule has 2 aliphatic rings. The molecule has 1 aromatic carbocycles. The molecule has 5 rings (SSSR count). The molecule has 2 aliphatic heterocycles. The topological polar surface area (TPSA) is 73.4 Å². The Morgan fingerprint density at radius 3 is 2.53 bits per heavy atom. The van der Waals surface area contributed by atoms with Crippen molar-refractivity contribution in [1.29, 1.82) is 0 Å². The van der Waals surface area contributed by atoms with Crippen molar-refractivity contribution in [3.05, 3.63) is 53.2 Å². The number of hydrogen-bond donors (Lipinski definition) is 0. The summed E-state index contributed by atoms with van der Waals surface area (Å²) in [5.41, 5.74) is 1.04. The quantitative estimate of drug-likeness (QED) is 0.598. The predicted octanol–water partition coefficient (Wildman–Crippen LogP) is 4.16. The second-order valence-electron chi connectivity index (χ2n) is 7.69. The zero-order chi connectivity index (χ0) is 20.8. The fourth-order valence-corrected chi connectivity index (χ4v) is 5.58. The Kier molecular flexibility index (Phi) is 5.18. The molecule has 0 radical (unpaired) electrons. The molecule has 0 bridgehead atoms. The van der Waals surface area contributed by atoms with Gasteiger partial charge < -0.3 is 9.15 Å². The molecule has 156 valence electrons. The molecule has 0 N–H and O–H groups in total. The summed E-state index contributed by atoms with van der Waals surface area (Å²) in [6.07, 6.45) is 1.74. The second-order valence-corrected chi connectivity index (χ2v) is 9.24. The van der Waals surface area contributed by atoms with Gasteiger partial charge in [-0.3, -0.25) is 9.69 Å². The Morgan fingerprint density at radius 2 is 1.90 bits per heavy atom. The predicted molar refractivity (Wildman–Crippen MR) is 114 cm³/mol. The number of halogens is 1. The van der Waals surface area contributed by atoms with E-state index < -0.39 is 0 Å². The van der Waals surface area contributed by atoms with Gasteiger partial charge in [0.15, 0.2) is 10.9 Å². The van der Waals surface area contributed by atoms with Crippen molar-refractivity contribution in [3.63, 3.8) is 0 Å². The highest BCUT2D eigenvalue weighted by atomic mass is 35.5. The van der Waals surface area contributed by atoms with Gasteiger partial charge in [0.25, 0.3) is 5.91 Å². The fourth-order valence-electron chi connectivity index (χ4n) is 4.19. The molecule has 30 heavy (non-hydrogen) atoms. The summed E-state index contributed by atoms with van der Waals surface area (Å²) in [4.78, 5) is 20.3. The van der Waals surface area contributed by atoms with Crippen LogP contribution in [-0.4, -0.2) is 56.1 Å². The van der Waals surface area contributed by atoms with Gasteiger partial charge in [0.1, 0.15) is 5.25 Å². The van der Waals surface area contributed by atoms with Gasteiger partial charge in [-0.05, 0) is 43.7 Å². The van der Waals surface area contributed by atoms with E-state index in [0.717, 1.165) is 18.7 Å². The van der Waals surface area contributed by atoms with E-state index in [0.29, 0.717) is 21.8 Å². The number of rotatable bonds is 4. The molecule has 9 heteroatoms. The van der Waals surface area contributed by atoms with Crippen molar-refractivity contribution in [2.75, 3.05) is 13.1 Å². The van der Waals surface area contributed by atoms with Crippen molar-refractivity contribution in [2.24, 2.45) is 0 Å². The van der Waals surface area contributed by atoms with Gasteiger partial charge in [-0.15, -0.1) is 5.10 Å². The van der Waals surface area contributed by atoms with Gasteiger partial charge >= 0.3 is 0 Å². The minimum atomic E-state index is -0.357. The Hall–Kier alpha value is -2.13. The lowest BCUT2D eigenvalue weighted by atomic mass is 9.99. The van der Waals surface area contributed by atoms with E-state index in [4.69, 9.17) is 20.8 Å². The summed E-state index contributed by atoms with van der Waals surface area (Å²) in [6, 6.07) is 11.1. The van der Waals surface area contributed by atoms with Crippen LogP contribution in [0.5, 0.6) is 0 Å². The number of carbonyl (C=O) groups excluding carboxylic acids is 1. The molecule has 0 amide bonds. The molecular formula is C21H21ClN4O3S. The molecule has 0 aliphatic carbocycles. The van der Waals surface area contributed by atoms with Crippen LogP contribution in [-0.2, 0) is 4.74 Å². The SMILES string of the molecule is CC1CN(C(c2ccc(Cl)cc2)C2Sc3nc(-c4ccco4)nn3C2=O)CC(C)O1. The Labute approximate surface area is 183 Å². The summed E-state index contributed by atoms with van der Waals surface area (Å²) in [5.74, 6) is 0.893. The first-order valence-corrected chi connectivity index (χ1v) is 11.1. The van der Waals surface area contributed by atoms with E-state index in [2.05, 4.69) is 28.8 Å². The smallest absolute Gasteiger partial charge is 0.264 e. The lowest BCUT2D eigenvalue weighted by Crippen LogP contribution is -2.50. The van der Waals surface area contributed by atoms with Crippen LogP contribution < -0.4 is 0 Å². The zero-order valence-electron chi connectivity index (χ0n) is 16.6. The number of aromatic nitrogens is 3. The van der Waals surface area contributed by atoms with E-state index in [1.807, 2.05) is 24.3 Å². The highest BCUT2D eigenvalue weighted by molar-refractivity contribution is 8.00. The van der Waals surface area contributed by atoms with Crippen LogP contribution in [0, 0.1) is 0 Å². The fraction of sp³-hybridized carbons (Fsp3) is 0.381. The number of ether oxygens (including phenoxy) is 1. The molecule has 0 spiro atoms. The number of hydrogen-bond acceptors (Lipinski definition) is 7.